The molecular formula is C19H18ClN3O3. The van der Waals surface area contributed by atoms with Crippen molar-refractivity contribution in [1.82, 2.24) is 9.97 Å². The molecule has 1 aromatic heterocycles. The lowest BCUT2D eigenvalue weighted by Crippen LogP contribution is -2.04. The van der Waals surface area contributed by atoms with Gasteiger partial charge in [-0.1, -0.05) is 35.9 Å². The van der Waals surface area contributed by atoms with E-state index >= 15 is 0 Å². The molecule has 0 saturated carbocycles. The Labute approximate surface area is 156 Å². The highest BCUT2D eigenvalue weighted by atomic mass is 35.5. The second-order valence-corrected chi connectivity index (χ2v) is 5.78. The summed E-state index contributed by atoms with van der Waals surface area (Å²) >= 11 is 6.28. The van der Waals surface area contributed by atoms with E-state index in [9.17, 15) is 0 Å². The van der Waals surface area contributed by atoms with Gasteiger partial charge in [0.1, 0.15) is 11.6 Å². The molecule has 0 saturated heterocycles. The van der Waals surface area contributed by atoms with E-state index in [0.717, 1.165) is 11.3 Å². The summed E-state index contributed by atoms with van der Waals surface area (Å²) in [6.45, 7) is 0. The minimum atomic E-state index is 0.140. The van der Waals surface area contributed by atoms with Crippen molar-refractivity contribution in [1.29, 1.82) is 0 Å². The van der Waals surface area contributed by atoms with Crippen LogP contribution >= 0.6 is 11.6 Å². The maximum atomic E-state index is 6.28. The van der Waals surface area contributed by atoms with Gasteiger partial charge in [0.2, 0.25) is 5.75 Å². The van der Waals surface area contributed by atoms with Crippen LogP contribution in [-0.2, 0) is 6.42 Å². The molecule has 26 heavy (non-hydrogen) atoms. The number of nitrogens with two attached hydrogens (primary N) is 1. The number of hydrogen-bond acceptors (Lipinski definition) is 6. The van der Waals surface area contributed by atoms with Crippen LogP contribution in [0.5, 0.6) is 23.0 Å². The van der Waals surface area contributed by atoms with E-state index in [0.29, 0.717) is 23.7 Å². The fourth-order valence-corrected chi connectivity index (χ4v) is 2.67. The highest BCUT2D eigenvalue weighted by molar-refractivity contribution is 6.31. The molecular weight excluding hydrogens is 354 g/mol. The second-order valence-electron chi connectivity index (χ2n) is 5.43. The average molecular weight is 372 g/mol. The van der Waals surface area contributed by atoms with Crippen LogP contribution in [0.25, 0.3) is 0 Å². The molecule has 0 fully saturated rings. The van der Waals surface area contributed by atoms with Crippen molar-refractivity contribution in [2.75, 3.05) is 20.0 Å². The first-order valence-electron chi connectivity index (χ1n) is 7.86. The molecule has 6 nitrogen and oxygen atoms in total. The highest BCUT2D eigenvalue weighted by Crippen LogP contribution is 2.37. The van der Waals surface area contributed by atoms with Crippen molar-refractivity contribution >= 4 is 17.4 Å². The molecule has 0 spiro atoms. The predicted octanol–water partition coefficient (Wildman–Crippen LogP) is 4.11. The molecule has 2 N–H and O–H groups in total. The highest BCUT2D eigenvalue weighted by Gasteiger charge is 2.15. The van der Waals surface area contributed by atoms with Crippen LogP contribution in [0.2, 0.25) is 5.15 Å². The van der Waals surface area contributed by atoms with Crippen LogP contribution in [0.15, 0.2) is 48.5 Å². The number of aromatic nitrogens is 2. The Kier molecular flexibility index (Phi) is 5.43. The zero-order valence-electron chi connectivity index (χ0n) is 14.4. The van der Waals surface area contributed by atoms with Gasteiger partial charge in [0.15, 0.2) is 22.5 Å². The maximum absolute atomic E-state index is 6.28. The average Bonchev–Trinajstić information content (AvgIpc) is 2.65. The number of nitrogen functional groups attached to an aromatic ring is 1. The smallest absolute Gasteiger partial charge is 0.206 e. The number of ether oxygens (including phenoxy) is 3. The fraction of sp³-hybridized carbons (Fsp3) is 0.158. The van der Waals surface area contributed by atoms with Gasteiger partial charge in [-0.15, -0.1) is 0 Å². The molecule has 0 radical (unpaired) electrons. The number of methoxy groups -OCH3 is 2. The van der Waals surface area contributed by atoms with Gasteiger partial charge in [0, 0.05) is 6.42 Å². The van der Waals surface area contributed by atoms with Crippen LogP contribution in [0, 0.1) is 0 Å². The molecule has 0 aliphatic rings. The first kappa shape index (κ1) is 17.8. The maximum Gasteiger partial charge on any atom is 0.206 e. The van der Waals surface area contributed by atoms with Gasteiger partial charge < -0.3 is 19.9 Å². The van der Waals surface area contributed by atoms with Crippen molar-refractivity contribution in [2.45, 2.75) is 6.42 Å². The Bertz CT molecular complexity index is 895. The van der Waals surface area contributed by atoms with E-state index in [1.54, 1.807) is 26.4 Å². The van der Waals surface area contributed by atoms with E-state index in [-0.39, 0.29) is 16.7 Å². The van der Waals surface area contributed by atoms with Crippen LogP contribution in [-0.4, -0.2) is 24.2 Å². The van der Waals surface area contributed by atoms with E-state index in [1.165, 1.54) is 0 Å². The zero-order chi connectivity index (χ0) is 18.5. The van der Waals surface area contributed by atoms with Crippen LogP contribution in [0.1, 0.15) is 11.4 Å². The molecule has 0 unspecified atom stereocenters. The number of rotatable bonds is 6. The minimum Gasteiger partial charge on any atom is -0.497 e. The molecule has 7 heteroatoms. The van der Waals surface area contributed by atoms with Gasteiger partial charge in [0.05, 0.1) is 14.2 Å². The zero-order valence-corrected chi connectivity index (χ0v) is 15.2. The Morgan fingerprint density at radius 1 is 0.962 bits per heavy atom. The Hall–Kier alpha value is -2.99. The van der Waals surface area contributed by atoms with E-state index in [2.05, 4.69) is 9.97 Å². The summed E-state index contributed by atoms with van der Waals surface area (Å²) in [6.07, 6.45) is 0.468. The van der Waals surface area contributed by atoms with Crippen molar-refractivity contribution < 1.29 is 14.2 Å². The number of anilines is 1. The summed E-state index contributed by atoms with van der Waals surface area (Å²) in [6, 6.07) is 14.8. The van der Waals surface area contributed by atoms with Crippen molar-refractivity contribution in [3.8, 4) is 23.0 Å². The molecule has 0 aliphatic carbocycles. The molecule has 134 valence electrons. The monoisotopic (exact) mass is 371 g/mol. The predicted molar refractivity (Wildman–Crippen MR) is 100 cm³/mol. The lowest BCUT2D eigenvalue weighted by Gasteiger charge is -2.13. The Morgan fingerprint density at radius 2 is 1.73 bits per heavy atom. The Morgan fingerprint density at radius 3 is 2.42 bits per heavy atom. The summed E-state index contributed by atoms with van der Waals surface area (Å²) in [7, 11) is 3.18. The summed E-state index contributed by atoms with van der Waals surface area (Å²) in [5, 5.41) is 0.140. The van der Waals surface area contributed by atoms with Gasteiger partial charge in [-0.2, -0.15) is 0 Å². The van der Waals surface area contributed by atoms with Gasteiger partial charge in [-0.05, 0) is 29.8 Å². The standard InChI is InChI=1S/C19H18ClN3O3/c1-24-13-7-5-6-12(10-13)11-16-22-18(20)17(19(21)23-16)26-15-9-4-3-8-14(15)25-2/h3-10H,11H2,1-2H3,(H2,21,22,23). The van der Waals surface area contributed by atoms with Gasteiger partial charge >= 0.3 is 0 Å². The molecule has 0 amide bonds. The fourth-order valence-electron chi connectivity index (χ4n) is 2.44. The summed E-state index contributed by atoms with van der Waals surface area (Å²) < 4.78 is 16.3. The lowest BCUT2D eigenvalue weighted by atomic mass is 10.1. The quantitative estimate of drug-likeness (QED) is 0.657. The molecule has 1 heterocycles. The normalized spacial score (nSPS) is 10.4. The lowest BCUT2D eigenvalue weighted by molar-refractivity contribution is 0.378. The van der Waals surface area contributed by atoms with Crippen LogP contribution < -0.4 is 19.9 Å². The SMILES string of the molecule is COc1cccc(Cc2nc(N)c(Oc3ccccc3OC)c(Cl)n2)c1. The topological polar surface area (TPSA) is 79.5 Å². The number of para-hydroxylation sites is 2. The van der Waals surface area contributed by atoms with Gasteiger partial charge in [-0.25, -0.2) is 9.97 Å². The summed E-state index contributed by atoms with van der Waals surface area (Å²) in [4.78, 5) is 8.62. The molecule has 0 aliphatic heterocycles. The van der Waals surface area contributed by atoms with Crippen molar-refractivity contribution in [3.05, 3.63) is 65.1 Å². The molecule has 3 rings (SSSR count). The van der Waals surface area contributed by atoms with Crippen LogP contribution in [0.3, 0.4) is 0 Å². The summed E-state index contributed by atoms with van der Waals surface area (Å²) in [5.74, 6) is 2.65. The molecule has 0 bridgehead atoms. The second kappa shape index (κ2) is 7.93. The van der Waals surface area contributed by atoms with Crippen molar-refractivity contribution in [3.63, 3.8) is 0 Å². The van der Waals surface area contributed by atoms with E-state index < -0.39 is 0 Å². The first-order chi connectivity index (χ1) is 12.6. The number of benzene rings is 2. The third-order valence-electron chi connectivity index (χ3n) is 3.67. The largest absolute Gasteiger partial charge is 0.497 e. The molecule has 0 atom stereocenters. The van der Waals surface area contributed by atoms with Crippen molar-refractivity contribution in [2.24, 2.45) is 0 Å². The number of halogens is 1. The number of hydrogen-bond donors (Lipinski definition) is 1. The summed E-state index contributed by atoms with van der Waals surface area (Å²) in [5.41, 5.74) is 7.03. The van der Waals surface area contributed by atoms with E-state index in [4.69, 9.17) is 31.5 Å². The van der Waals surface area contributed by atoms with Gasteiger partial charge in [0.25, 0.3) is 0 Å². The van der Waals surface area contributed by atoms with Crippen LogP contribution in [0.4, 0.5) is 5.82 Å². The third-order valence-corrected chi connectivity index (χ3v) is 3.93. The third kappa shape index (κ3) is 3.97. The van der Waals surface area contributed by atoms with E-state index in [1.807, 2.05) is 36.4 Å². The minimum absolute atomic E-state index is 0.140. The first-order valence-corrected chi connectivity index (χ1v) is 8.24. The molecule has 2 aromatic carbocycles. The number of nitrogens with zero attached hydrogens (tertiary/aromatic N) is 2. The van der Waals surface area contributed by atoms with Gasteiger partial charge in [-0.3, -0.25) is 0 Å². The Balaban J connectivity index is 1.86. The molecule has 3 aromatic rings.